The fourth-order valence-electron chi connectivity index (χ4n) is 2.80. The van der Waals surface area contributed by atoms with Crippen molar-refractivity contribution in [1.82, 2.24) is 25.9 Å². The quantitative estimate of drug-likeness (QED) is 0.885. The highest BCUT2D eigenvalue weighted by Crippen LogP contribution is 2.42. The summed E-state index contributed by atoms with van der Waals surface area (Å²) in [4.78, 5) is 11.8. The number of hydrogen-bond acceptors (Lipinski definition) is 4. The predicted octanol–water partition coefficient (Wildman–Crippen LogP) is 2.31. The molecule has 6 nitrogen and oxygen atoms in total. The third-order valence-electron chi connectivity index (χ3n) is 4.14. The van der Waals surface area contributed by atoms with Gasteiger partial charge in [0.25, 0.3) is 5.92 Å². The number of tetrazole rings is 1. The fourth-order valence-corrected chi connectivity index (χ4v) is 2.80. The number of aromatic nitrogens is 4. The maximum absolute atomic E-state index is 13.5. The molecule has 1 aromatic heterocycles. The number of hydrogen-bond donors (Lipinski definition) is 2. The molecule has 8 heteroatoms. The SMILES string of the molecule is O=C(CC1CCCC1(F)F)NCc1ccc(-c2nn[nH]n2)cc1. The number of benzene rings is 1. The molecule has 1 saturated carbocycles. The smallest absolute Gasteiger partial charge is 0.251 e. The van der Waals surface area contributed by atoms with Crippen molar-refractivity contribution >= 4 is 5.91 Å². The van der Waals surface area contributed by atoms with E-state index in [1.54, 1.807) is 0 Å². The van der Waals surface area contributed by atoms with Gasteiger partial charge >= 0.3 is 0 Å². The number of alkyl halides is 2. The van der Waals surface area contributed by atoms with Crippen LogP contribution in [0.25, 0.3) is 11.4 Å². The zero-order chi connectivity index (χ0) is 16.3. The van der Waals surface area contributed by atoms with E-state index in [1.165, 1.54) is 0 Å². The van der Waals surface area contributed by atoms with E-state index in [-0.39, 0.29) is 18.7 Å². The zero-order valence-corrected chi connectivity index (χ0v) is 12.4. The lowest BCUT2D eigenvalue weighted by Gasteiger charge is -2.18. The minimum atomic E-state index is -2.70. The van der Waals surface area contributed by atoms with Crippen molar-refractivity contribution in [3.8, 4) is 11.4 Å². The molecule has 2 N–H and O–H groups in total. The van der Waals surface area contributed by atoms with Gasteiger partial charge in [-0.15, -0.1) is 10.2 Å². The third kappa shape index (κ3) is 3.69. The molecule has 122 valence electrons. The molecule has 0 aliphatic heterocycles. The Balaban J connectivity index is 1.51. The number of aromatic amines is 1. The van der Waals surface area contributed by atoms with Gasteiger partial charge in [-0.05, 0) is 23.6 Å². The van der Waals surface area contributed by atoms with Crippen LogP contribution in [0.15, 0.2) is 24.3 Å². The van der Waals surface area contributed by atoms with Crippen LogP contribution in [0, 0.1) is 5.92 Å². The summed E-state index contributed by atoms with van der Waals surface area (Å²) in [5, 5.41) is 16.3. The van der Waals surface area contributed by atoms with Crippen molar-refractivity contribution in [3.63, 3.8) is 0 Å². The second-order valence-electron chi connectivity index (χ2n) is 5.76. The first-order valence-corrected chi connectivity index (χ1v) is 7.52. The summed E-state index contributed by atoms with van der Waals surface area (Å²) >= 11 is 0. The molecule has 1 fully saturated rings. The monoisotopic (exact) mass is 321 g/mol. The Morgan fingerprint density at radius 3 is 2.74 bits per heavy atom. The van der Waals surface area contributed by atoms with Gasteiger partial charge in [0.15, 0.2) is 0 Å². The molecular formula is C15H17F2N5O. The van der Waals surface area contributed by atoms with Gasteiger partial charge in [-0.1, -0.05) is 24.3 Å². The van der Waals surface area contributed by atoms with Crippen molar-refractivity contribution in [2.24, 2.45) is 5.92 Å². The number of nitrogens with one attached hydrogen (secondary N) is 2. The third-order valence-corrected chi connectivity index (χ3v) is 4.14. The average Bonchev–Trinajstić information content (AvgIpc) is 3.16. The number of H-pyrrole nitrogens is 1. The van der Waals surface area contributed by atoms with E-state index >= 15 is 0 Å². The molecule has 1 amide bonds. The van der Waals surface area contributed by atoms with Gasteiger partial charge in [0.2, 0.25) is 11.7 Å². The first kappa shape index (κ1) is 15.5. The van der Waals surface area contributed by atoms with Gasteiger partial charge in [0.1, 0.15) is 0 Å². The topological polar surface area (TPSA) is 83.6 Å². The molecule has 1 unspecified atom stereocenters. The molecule has 1 aliphatic rings. The van der Waals surface area contributed by atoms with Crippen LogP contribution in [0.2, 0.25) is 0 Å². The Morgan fingerprint density at radius 1 is 1.35 bits per heavy atom. The molecule has 3 rings (SSSR count). The van der Waals surface area contributed by atoms with E-state index < -0.39 is 11.8 Å². The van der Waals surface area contributed by atoms with E-state index in [1.807, 2.05) is 24.3 Å². The summed E-state index contributed by atoms with van der Waals surface area (Å²) in [5.74, 6) is -3.38. The van der Waals surface area contributed by atoms with Crippen LogP contribution in [0.1, 0.15) is 31.2 Å². The zero-order valence-electron chi connectivity index (χ0n) is 12.4. The molecule has 1 aliphatic carbocycles. The van der Waals surface area contributed by atoms with Crippen molar-refractivity contribution in [2.75, 3.05) is 0 Å². The summed E-state index contributed by atoms with van der Waals surface area (Å²) < 4.78 is 27.0. The van der Waals surface area contributed by atoms with Gasteiger partial charge < -0.3 is 5.32 Å². The van der Waals surface area contributed by atoms with Gasteiger partial charge in [-0.2, -0.15) is 5.21 Å². The molecule has 1 atom stereocenters. The van der Waals surface area contributed by atoms with E-state index in [2.05, 4.69) is 25.9 Å². The number of carbonyl (C=O) groups excluding carboxylic acids is 1. The molecule has 23 heavy (non-hydrogen) atoms. The van der Waals surface area contributed by atoms with Gasteiger partial charge in [-0.25, -0.2) is 8.78 Å². The summed E-state index contributed by atoms with van der Waals surface area (Å²) in [6.07, 6.45) is 0.679. The van der Waals surface area contributed by atoms with E-state index in [9.17, 15) is 13.6 Å². The van der Waals surface area contributed by atoms with Crippen molar-refractivity contribution in [3.05, 3.63) is 29.8 Å². The Morgan fingerprint density at radius 2 is 2.13 bits per heavy atom. The van der Waals surface area contributed by atoms with Crippen LogP contribution in [0.3, 0.4) is 0 Å². The van der Waals surface area contributed by atoms with Gasteiger partial charge in [-0.3, -0.25) is 4.79 Å². The standard InChI is InChI=1S/C15H17F2N5O/c16-15(17)7-1-2-12(15)8-13(23)18-9-10-3-5-11(6-4-10)14-19-21-22-20-14/h3-6,12H,1-2,7-9H2,(H,18,23)(H,19,20,21,22). The second kappa shape index (κ2) is 6.39. The number of nitrogens with zero attached hydrogens (tertiary/aromatic N) is 3. The highest BCUT2D eigenvalue weighted by molar-refractivity contribution is 5.76. The van der Waals surface area contributed by atoms with E-state index in [0.29, 0.717) is 25.2 Å². The largest absolute Gasteiger partial charge is 0.352 e. The number of carbonyl (C=O) groups is 1. The van der Waals surface area contributed by atoms with Gasteiger partial charge in [0, 0.05) is 30.9 Å². The van der Waals surface area contributed by atoms with E-state index in [0.717, 1.165) is 11.1 Å². The predicted molar refractivity (Wildman–Crippen MR) is 78.4 cm³/mol. The lowest BCUT2D eigenvalue weighted by atomic mass is 10.0. The Labute approximate surface area is 131 Å². The van der Waals surface area contributed by atoms with Crippen LogP contribution < -0.4 is 5.32 Å². The minimum absolute atomic E-state index is 0.109. The number of amides is 1. The number of halogens is 2. The number of rotatable bonds is 5. The average molecular weight is 321 g/mol. The Kier molecular flexibility index (Phi) is 4.31. The Bertz CT molecular complexity index is 657. The Hall–Kier alpha value is -2.38. The van der Waals surface area contributed by atoms with Crippen LogP contribution in [-0.2, 0) is 11.3 Å². The van der Waals surface area contributed by atoms with Crippen molar-refractivity contribution in [2.45, 2.75) is 38.2 Å². The molecule has 0 saturated heterocycles. The molecule has 2 aromatic rings. The van der Waals surface area contributed by atoms with Crippen molar-refractivity contribution < 1.29 is 13.6 Å². The normalized spacial score (nSPS) is 19.7. The minimum Gasteiger partial charge on any atom is -0.352 e. The second-order valence-corrected chi connectivity index (χ2v) is 5.76. The van der Waals surface area contributed by atoms with Crippen LogP contribution in [-0.4, -0.2) is 32.5 Å². The summed E-state index contributed by atoms with van der Waals surface area (Å²) in [6, 6.07) is 7.29. The first-order chi connectivity index (χ1) is 11.0. The lowest BCUT2D eigenvalue weighted by molar-refractivity contribution is -0.125. The maximum Gasteiger partial charge on any atom is 0.251 e. The summed E-state index contributed by atoms with van der Waals surface area (Å²) in [7, 11) is 0. The summed E-state index contributed by atoms with van der Waals surface area (Å²) in [6.45, 7) is 0.309. The summed E-state index contributed by atoms with van der Waals surface area (Å²) in [5.41, 5.74) is 1.68. The van der Waals surface area contributed by atoms with Crippen LogP contribution in [0.4, 0.5) is 8.78 Å². The van der Waals surface area contributed by atoms with Gasteiger partial charge in [0.05, 0.1) is 0 Å². The fraction of sp³-hybridized carbons (Fsp3) is 0.467. The molecule has 1 aromatic carbocycles. The first-order valence-electron chi connectivity index (χ1n) is 7.52. The molecule has 0 bridgehead atoms. The highest BCUT2D eigenvalue weighted by Gasteiger charge is 2.44. The lowest BCUT2D eigenvalue weighted by Crippen LogP contribution is -2.30. The molecule has 0 spiro atoms. The maximum atomic E-state index is 13.5. The van der Waals surface area contributed by atoms with Crippen LogP contribution >= 0.6 is 0 Å². The van der Waals surface area contributed by atoms with Crippen molar-refractivity contribution in [1.29, 1.82) is 0 Å². The highest BCUT2D eigenvalue weighted by atomic mass is 19.3. The molecule has 0 radical (unpaired) electrons. The molecule has 1 heterocycles. The van der Waals surface area contributed by atoms with Crippen LogP contribution in [0.5, 0.6) is 0 Å². The van der Waals surface area contributed by atoms with E-state index in [4.69, 9.17) is 0 Å². The molecular weight excluding hydrogens is 304 g/mol.